The van der Waals surface area contributed by atoms with E-state index in [1.54, 1.807) is 0 Å². The fourth-order valence-corrected chi connectivity index (χ4v) is 3.65. The van der Waals surface area contributed by atoms with Gasteiger partial charge in [-0.1, -0.05) is 6.42 Å². The normalized spacial score (nSPS) is 26.4. The fraction of sp³-hybridized carbons (Fsp3) is 0.688. The van der Waals surface area contributed by atoms with Crippen LogP contribution in [0.4, 0.5) is 0 Å². The van der Waals surface area contributed by atoms with Gasteiger partial charge in [0.1, 0.15) is 11.4 Å². The summed E-state index contributed by atoms with van der Waals surface area (Å²) in [5.74, 6) is 2.15. The highest BCUT2D eigenvalue weighted by Crippen LogP contribution is 2.45. The van der Waals surface area contributed by atoms with Gasteiger partial charge in [-0.25, -0.2) is 9.97 Å². The first kappa shape index (κ1) is 12.1. The molecule has 5 rings (SSSR count). The summed E-state index contributed by atoms with van der Waals surface area (Å²) < 4.78 is 6.02. The van der Waals surface area contributed by atoms with E-state index in [4.69, 9.17) is 4.74 Å². The number of rotatable bonds is 2. The Kier molecular flexibility index (Phi) is 2.32. The minimum Gasteiger partial charge on any atom is -0.360 e. The first-order valence-electron chi connectivity index (χ1n) is 8.04. The van der Waals surface area contributed by atoms with Gasteiger partial charge in [-0.3, -0.25) is 4.79 Å². The van der Waals surface area contributed by atoms with Crippen LogP contribution in [0.1, 0.15) is 55.1 Å². The van der Waals surface area contributed by atoms with Gasteiger partial charge in [0.2, 0.25) is 5.91 Å². The quantitative estimate of drug-likeness (QED) is 0.830. The summed E-state index contributed by atoms with van der Waals surface area (Å²) >= 11 is 0. The van der Waals surface area contributed by atoms with Crippen molar-refractivity contribution in [1.82, 2.24) is 14.9 Å². The molecule has 1 amide bonds. The van der Waals surface area contributed by atoms with E-state index in [-0.39, 0.29) is 11.5 Å². The third-order valence-corrected chi connectivity index (χ3v) is 5.46. The molecule has 110 valence electrons. The van der Waals surface area contributed by atoms with Crippen molar-refractivity contribution in [1.29, 1.82) is 0 Å². The molecule has 3 fully saturated rings. The smallest absolute Gasteiger partial charge is 0.225 e. The van der Waals surface area contributed by atoms with Gasteiger partial charge < -0.3 is 9.64 Å². The number of hydrogen-bond donors (Lipinski definition) is 0. The van der Waals surface area contributed by atoms with Crippen molar-refractivity contribution >= 4 is 5.91 Å². The Morgan fingerprint density at radius 2 is 2.10 bits per heavy atom. The van der Waals surface area contributed by atoms with E-state index in [9.17, 15) is 4.79 Å². The molecule has 21 heavy (non-hydrogen) atoms. The van der Waals surface area contributed by atoms with Crippen LogP contribution in [0.5, 0.6) is 0 Å². The Labute approximate surface area is 123 Å². The largest absolute Gasteiger partial charge is 0.360 e. The van der Waals surface area contributed by atoms with Crippen molar-refractivity contribution in [2.24, 2.45) is 5.92 Å². The Balaban J connectivity index is 1.35. The first-order chi connectivity index (χ1) is 10.3. The molecule has 4 aliphatic rings. The van der Waals surface area contributed by atoms with E-state index >= 15 is 0 Å². The lowest BCUT2D eigenvalue weighted by Crippen LogP contribution is -2.62. The van der Waals surface area contributed by atoms with Gasteiger partial charge in [-0.2, -0.15) is 0 Å². The summed E-state index contributed by atoms with van der Waals surface area (Å²) in [6.07, 6.45) is 7.71. The molecule has 0 radical (unpaired) electrons. The highest BCUT2D eigenvalue weighted by Gasteiger charge is 2.53. The Hall–Kier alpha value is -1.49. The molecular weight excluding hydrogens is 266 g/mol. The molecule has 0 bridgehead atoms. The predicted octanol–water partition coefficient (Wildman–Crippen LogP) is 1.72. The molecular formula is C16H19N3O2. The Morgan fingerprint density at radius 1 is 1.29 bits per heavy atom. The van der Waals surface area contributed by atoms with E-state index in [1.165, 1.54) is 19.3 Å². The monoisotopic (exact) mass is 285 g/mol. The van der Waals surface area contributed by atoms with Gasteiger partial charge >= 0.3 is 0 Å². The SMILES string of the molecule is O=C(C1CCC1)N1CC2(C1)OCc1nc(C3CC3)ncc12. The minimum atomic E-state index is -0.309. The maximum Gasteiger partial charge on any atom is 0.225 e. The third-order valence-electron chi connectivity index (χ3n) is 5.46. The lowest BCUT2D eigenvalue weighted by atomic mass is 9.81. The number of amides is 1. The van der Waals surface area contributed by atoms with Crippen molar-refractivity contribution in [3.05, 3.63) is 23.3 Å². The van der Waals surface area contributed by atoms with Crippen LogP contribution in [0.25, 0.3) is 0 Å². The van der Waals surface area contributed by atoms with E-state index in [1.807, 2.05) is 11.1 Å². The average molecular weight is 285 g/mol. The van der Waals surface area contributed by atoms with Crippen molar-refractivity contribution in [2.45, 2.75) is 50.2 Å². The van der Waals surface area contributed by atoms with E-state index in [0.717, 1.165) is 29.9 Å². The van der Waals surface area contributed by atoms with Gasteiger partial charge in [-0.15, -0.1) is 0 Å². The highest BCUT2D eigenvalue weighted by molar-refractivity contribution is 5.81. The fourth-order valence-electron chi connectivity index (χ4n) is 3.65. The molecule has 5 nitrogen and oxygen atoms in total. The molecule has 2 saturated carbocycles. The molecule has 0 unspecified atom stereocenters. The molecule has 1 aromatic rings. The number of ether oxygens (including phenoxy) is 1. The third kappa shape index (κ3) is 1.70. The van der Waals surface area contributed by atoms with Crippen LogP contribution < -0.4 is 0 Å². The van der Waals surface area contributed by atoms with Gasteiger partial charge in [-0.05, 0) is 25.7 Å². The van der Waals surface area contributed by atoms with E-state index in [2.05, 4.69) is 9.97 Å². The molecule has 2 aliphatic carbocycles. The summed E-state index contributed by atoms with van der Waals surface area (Å²) in [4.78, 5) is 23.4. The van der Waals surface area contributed by atoms with Crippen LogP contribution in [0.3, 0.4) is 0 Å². The maximum absolute atomic E-state index is 12.3. The number of carbonyl (C=O) groups excluding carboxylic acids is 1. The standard InChI is InChI=1S/C16H19N3O2/c20-15(11-2-1-3-11)19-8-16(9-19)12-6-17-14(10-4-5-10)18-13(12)7-21-16/h6,10-11H,1-5,7-9H2. The summed E-state index contributed by atoms with van der Waals surface area (Å²) in [7, 11) is 0. The second-order valence-corrected chi connectivity index (χ2v) is 6.97. The number of likely N-dealkylation sites (tertiary alicyclic amines) is 1. The summed E-state index contributed by atoms with van der Waals surface area (Å²) in [6.45, 7) is 1.94. The predicted molar refractivity (Wildman–Crippen MR) is 74.4 cm³/mol. The summed E-state index contributed by atoms with van der Waals surface area (Å²) in [6, 6.07) is 0. The van der Waals surface area contributed by atoms with Crippen molar-refractivity contribution < 1.29 is 9.53 Å². The molecule has 3 heterocycles. The molecule has 1 spiro atoms. The lowest BCUT2D eigenvalue weighted by molar-refractivity contribution is -0.174. The van der Waals surface area contributed by atoms with Gasteiger partial charge in [0.05, 0.1) is 25.4 Å². The van der Waals surface area contributed by atoms with Crippen LogP contribution in [0.2, 0.25) is 0 Å². The maximum atomic E-state index is 12.3. The van der Waals surface area contributed by atoms with Crippen molar-refractivity contribution in [3.8, 4) is 0 Å². The summed E-state index contributed by atoms with van der Waals surface area (Å²) in [5.41, 5.74) is 1.85. The zero-order chi connectivity index (χ0) is 14.0. The Bertz CT molecular complexity index is 616. The zero-order valence-electron chi connectivity index (χ0n) is 12.0. The van der Waals surface area contributed by atoms with Crippen molar-refractivity contribution in [3.63, 3.8) is 0 Å². The molecule has 1 saturated heterocycles. The lowest BCUT2D eigenvalue weighted by Gasteiger charge is -2.49. The molecule has 2 aliphatic heterocycles. The van der Waals surface area contributed by atoms with Crippen LogP contribution >= 0.6 is 0 Å². The van der Waals surface area contributed by atoms with E-state index in [0.29, 0.717) is 31.5 Å². The molecule has 0 atom stereocenters. The van der Waals surface area contributed by atoms with Crippen molar-refractivity contribution in [2.75, 3.05) is 13.1 Å². The van der Waals surface area contributed by atoms with E-state index < -0.39 is 0 Å². The van der Waals surface area contributed by atoms with Crippen LogP contribution in [-0.2, 0) is 21.7 Å². The zero-order valence-corrected chi connectivity index (χ0v) is 12.0. The number of nitrogens with zero attached hydrogens (tertiary/aromatic N) is 3. The average Bonchev–Trinajstić information content (AvgIpc) is 3.15. The highest BCUT2D eigenvalue weighted by atomic mass is 16.5. The summed E-state index contributed by atoms with van der Waals surface area (Å²) in [5, 5.41) is 0. The topological polar surface area (TPSA) is 55.3 Å². The molecule has 0 aromatic carbocycles. The number of carbonyl (C=O) groups is 1. The second kappa shape index (κ2) is 4.03. The van der Waals surface area contributed by atoms with Gasteiger partial charge in [0, 0.05) is 23.6 Å². The molecule has 5 heteroatoms. The first-order valence-corrected chi connectivity index (χ1v) is 8.04. The number of hydrogen-bond acceptors (Lipinski definition) is 4. The number of aromatic nitrogens is 2. The van der Waals surface area contributed by atoms with Crippen LogP contribution in [0.15, 0.2) is 6.20 Å². The number of fused-ring (bicyclic) bond motifs is 2. The second-order valence-electron chi connectivity index (χ2n) is 6.97. The molecule has 1 aromatic heterocycles. The van der Waals surface area contributed by atoms with Gasteiger partial charge in [0.15, 0.2) is 0 Å². The van der Waals surface area contributed by atoms with Crippen LogP contribution in [0, 0.1) is 5.92 Å². The Morgan fingerprint density at radius 3 is 2.76 bits per heavy atom. The van der Waals surface area contributed by atoms with Gasteiger partial charge in [0.25, 0.3) is 0 Å². The minimum absolute atomic E-state index is 0.275. The van der Waals surface area contributed by atoms with Crippen LogP contribution in [-0.4, -0.2) is 33.9 Å². The molecule has 0 N–H and O–H groups in total.